The van der Waals surface area contributed by atoms with E-state index in [0.29, 0.717) is 6.54 Å². The summed E-state index contributed by atoms with van der Waals surface area (Å²) in [6.07, 6.45) is 3.31. The summed E-state index contributed by atoms with van der Waals surface area (Å²) in [5.74, 6) is 1.56. The number of fused-ring (bicyclic) bond motifs is 1. The van der Waals surface area contributed by atoms with E-state index in [1.54, 1.807) is 12.7 Å². The lowest BCUT2D eigenvalue weighted by molar-refractivity contribution is 0.761. The Morgan fingerprint density at radius 1 is 1.20 bits per heavy atom. The number of imidazole rings is 1. The molecule has 0 unspecified atom stereocenters. The third kappa shape index (κ3) is 2.32. The molecule has 2 aliphatic heterocycles. The summed E-state index contributed by atoms with van der Waals surface area (Å²) >= 11 is 6.20. The van der Waals surface area contributed by atoms with Crippen molar-refractivity contribution in [3.8, 4) is 11.5 Å². The SMILES string of the molecule is CCNc1ncn(Cc2ccccc2Cl)c2ncnc1-2. The Labute approximate surface area is 122 Å². The molecule has 0 atom stereocenters. The molecular weight excluding hydrogens is 274 g/mol. The van der Waals surface area contributed by atoms with Gasteiger partial charge in [-0.05, 0) is 18.6 Å². The van der Waals surface area contributed by atoms with Crippen LogP contribution in [0.25, 0.3) is 11.5 Å². The number of rotatable bonds is 4. The molecule has 2 heterocycles. The van der Waals surface area contributed by atoms with Crippen molar-refractivity contribution in [1.29, 1.82) is 0 Å². The molecule has 102 valence electrons. The van der Waals surface area contributed by atoms with Crippen LogP contribution in [0.2, 0.25) is 5.02 Å². The Kier molecular flexibility index (Phi) is 3.52. The fourth-order valence-electron chi connectivity index (χ4n) is 2.10. The van der Waals surface area contributed by atoms with E-state index in [-0.39, 0.29) is 0 Å². The highest BCUT2D eigenvalue weighted by atomic mass is 35.5. The van der Waals surface area contributed by atoms with Gasteiger partial charge in [-0.2, -0.15) is 0 Å². The molecule has 2 aliphatic rings. The lowest BCUT2D eigenvalue weighted by Gasteiger charge is -2.14. The van der Waals surface area contributed by atoms with Crippen LogP contribution in [0.4, 0.5) is 5.82 Å². The van der Waals surface area contributed by atoms with Crippen molar-refractivity contribution >= 4 is 17.4 Å². The minimum Gasteiger partial charge on any atom is -0.368 e. The van der Waals surface area contributed by atoms with Crippen LogP contribution in [0.15, 0.2) is 36.9 Å². The van der Waals surface area contributed by atoms with Gasteiger partial charge in [-0.15, -0.1) is 0 Å². The molecule has 0 fully saturated rings. The van der Waals surface area contributed by atoms with Crippen molar-refractivity contribution in [2.45, 2.75) is 13.5 Å². The van der Waals surface area contributed by atoms with Gasteiger partial charge in [0, 0.05) is 11.6 Å². The van der Waals surface area contributed by atoms with Gasteiger partial charge < -0.3 is 9.88 Å². The number of benzene rings is 1. The summed E-state index contributed by atoms with van der Waals surface area (Å²) in [6.45, 7) is 3.44. The Hall–Kier alpha value is -2.14. The lowest BCUT2D eigenvalue weighted by atomic mass is 10.2. The predicted molar refractivity (Wildman–Crippen MR) is 79.2 cm³/mol. The zero-order valence-electron chi connectivity index (χ0n) is 11.0. The molecule has 1 aromatic carbocycles. The van der Waals surface area contributed by atoms with Gasteiger partial charge in [0.05, 0.1) is 12.9 Å². The smallest absolute Gasteiger partial charge is 0.165 e. The first-order chi connectivity index (χ1) is 9.79. The van der Waals surface area contributed by atoms with E-state index in [0.717, 1.165) is 34.5 Å². The highest BCUT2D eigenvalue weighted by Crippen LogP contribution is 2.25. The summed E-state index contributed by atoms with van der Waals surface area (Å²) in [4.78, 5) is 13.0. The zero-order chi connectivity index (χ0) is 13.9. The van der Waals surface area contributed by atoms with Gasteiger partial charge in [0.25, 0.3) is 0 Å². The maximum Gasteiger partial charge on any atom is 0.165 e. The Morgan fingerprint density at radius 3 is 2.85 bits per heavy atom. The number of nitrogens with zero attached hydrogens (tertiary/aromatic N) is 4. The monoisotopic (exact) mass is 287 g/mol. The van der Waals surface area contributed by atoms with Gasteiger partial charge in [-0.25, -0.2) is 15.0 Å². The molecule has 6 heteroatoms. The Balaban J connectivity index is 1.99. The number of halogens is 1. The minimum atomic E-state index is 0.619. The fraction of sp³-hybridized carbons (Fsp3) is 0.214. The zero-order valence-corrected chi connectivity index (χ0v) is 11.8. The number of nitrogens with one attached hydrogen (secondary N) is 1. The van der Waals surface area contributed by atoms with E-state index in [2.05, 4.69) is 20.3 Å². The second kappa shape index (κ2) is 5.46. The van der Waals surface area contributed by atoms with E-state index >= 15 is 0 Å². The molecule has 0 spiro atoms. The van der Waals surface area contributed by atoms with Gasteiger partial charge in [0.2, 0.25) is 0 Å². The first-order valence-electron chi connectivity index (χ1n) is 6.42. The maximum absolute atomic E-state index is 6.20. The summed E-state index contributed by atoms with van der Waals surface area (Å²) in [7, 11) is 0. The topological polar surface area (TPSA) is 55.6 Å². The van der Waals surface area contributed by atoms with E-state index < -0.39 is 0 Å². The molecule has 5 nitrogen and oxygen atoms in total. The van der Waals surface area contributed by atoms with Crippen LogP contribution in [0.3, 0.4) is 0 Å². The van der Waals surface area contributed by atoms with Crippen LogP contribution in [-0.2, 0) is 6.54 Å². The highest BCUT2D eigenvalue weighted by Gasteiger charge is 2.16. The normalized spacial score (nSPS) is 10.9. The van der Waals surface area contributed by atoms with Crippen molar-refractivity contribution in [2.75, 3.05) is 11.9 Å². The van der Waals surface area contributed by atoms with Crippen LogP contribution in [0.5, 0.6) is 0 Å². The maximum atomic E-state index is 6.20. The minimum absolute atomic E-state index is 0.619. The lowest BCUT2D eigenvalue weighted by Crippen LogP contribution is -2.11. The van der Waals surface area contributed by atoms with Crippen LogP contribution < -0.4 is 5.32 Å². The third-order valence-corrected chi connectivity index (χ3v) is 3.41. The molecule has 0 aliphatic carbocycles. The second-order valence-corrected chi connectivity index (χ2v) is 4.80. The molecule has 1 N–H and O–H groups in total. The largest absolute Gasteiger partial charge is 0.368 e. The Morgan fingerprint density at radius 2 is 2.05 bits per heavy atom. The molecule has 0 saturated carbocycles. The molecule has 0 bridgehead atoms. The van der Waals surface area contributed by atoms with Gasteiger partial charge in [-0.1, -0.05) is 29.8 Å². The number of aromatic nitrogens is 4. The molecule has 0 aromatic heterocycles. The van der Waals surface area contributed by atoms with Crippen LogP contribution in [0.1, 0.15) is 12.5 Å². The fourth-order valence-corrected chi connectivity index (χ4v) is 2.30. The number of hydrogen-bond donors (Lipinski definition) is 1. The first kappa shape index (κ1) is 12.9. The van der Waals surface area contributed by atoms with Gasteiger partial charge in [0.15, 0.2) is 17.3 Å². The van der Waals surface area contributed by atoms with Gasteiger partial charge >= 0.3 is 0 Å². The second-order valence-electron chi connectivity index (χ2n) is 4.39. The Bertz CT molecular complexity index is 694. The quantitative estimate of drug-likeness (QED) is 0.801. The summed E-state index contributed by atoms with van der Waals surface area (Å²) < 4.78 is 1.95. The van der Waals surface area contributed by atoms with E-state index in [1.807, 2.05) is 35.8 Å². The molecule has 3 rings (SSSR count). The van der Waals surface area contributed by atoms with E-state index in [9.17, 15) is 0 Å². The molecule has 0 amide bonds. The first-order valence-corrected chi connectivity index (χ1v) is 6.80. The van der Waals surface area contributed by atoms with Crippen molar-refractivity contribution in [3.05, 3.63) is 47.5 Å². The number of hydrogen-bond acceptors (Lipinski definition) is 4. The average Bonchev–Trinajstić information content (AvgIpc) is 2.94. The molecule has 0 saturated heterocycles. The average molecular weight is 288 g/mol. The summed E-state index contributed by atoms with van der Waals surface area (Å²) in [5, 5.41) is 3.93. The van der Waals surface area contributed by atoms with Crippen LogP contribution in [0, 0.1) is 0 Å². The summed E-state index contributed by atoms with van der Waals surface area (Å²) in [5.41, 5.74) is 1.81. The van der Waals surface area contributed by atoms with Crippen molar-refractivity contribution in [2.24, 2.45) is 0 Å². The molecule has 20 heavy (non-hydrogen) atoms. The molecule has 1 aromatic rings. The van der Waals surface area contributed by atoms with Crippen molar-refractivity contribution < 1.29 is 0 Å². The standard InChI is InChI=1S/C14H14ClN5/c1-2-16-13-12-14(18-8-17-12)20(9-19-13)7-10-5-3-4-6-11(10)15/h3-6,8-9,16H,2,7H2,1H3. The highest BCUT2D eigenvalue weighted by molar-refractivity contribution is 6.31. The predicted octanol–water partition coefficient (Wildman–Crippen LogP) is 2.91. The van der Waals surface area contributed by atoms with Gasteiger partial charge in [-0.3, -0.25) is 0 Å². The van der Waals surface area contributed by atoms with Crippen molar-refractivity contribution in [1.82, 2.24) is 19.5 Å². The van der Waals surface area contributed by atoms with E-state index in [4.69, 9.17) is 11.6 Å². The van der Waals surface area contributed by atoms with Crippen LogP contribution in [-0.4, -0.2) is 26.1 Å². The van der Waals surface area contributed by atoms with Gasteiger partial charge in [0.1, 0.15) is 6.33 Å². The van der Waals surface area contributed by atoms with Crippen LogP contribution >= 0.6 is 11.6 Å². The number of anilines is 1. The van der Waals surface area contributed by atoms with Crippen molar-refractivity contribution in [3.63, 3.8) is 0 Å². The van der Waals surface area contributed by atoms with E-state index in [1.165, 1.54) is 0 Å². The third-order valence-electron chi connectivity index (χ3n) is 3.04. The molecule has 0 radical (unpaired) electrons. The summed E-state index contributed by atoms with van der Waals surface area (Å²) in [6, 6.07) is 7.76. The molecular formula is C14H14ClN5.